The third kappa shape index (κ3) is 2.37. The minimum Gasteiger partial charge on any atom is -0.463 e. The number of halogens is 2. The second kappa shape index (κ2) is 4.40. The van der Waals surface area contributed by atoms with Crippen LogP contribution in [0.2, 0.25) is 0 Å². The van der Waals surface area contributed by atoms with E-state index in [-0.39, 0.29) is 12.0 Å². The second-order valence-corrected chi connectivity index (χ2v) is 6.91. The summed E-state index contributed by atoms with van der Waals surface area (Å²) in [6, 6.07) is 0. The van der Waals surface area contributed by atoms with Gasteiger partial charge in [-0.1, -0.05) is 0 Å². The fraction of sp³-hybridized carbons (Fsp3) is 0.929. The van der Waals surface area contributed by atoms with E-state index in [9.17, 15) is 18.7 Å². The Hall–Kier alpha value is -0.710. The summed E-state index contributed by atoms with van der Waals surface area (Å²) in [6.45, 7) is -1.21. The molecule has 4 aliphatic carbocycles. The van der Waals surface area contributed by atoms with Gasteiger partial charge in [0.25, 0.3) is 0 Å². The van der Waals surface area contributed by atoms with Crippen LogP contribution in [-0.2, 0) is 9.53 Å². The van der Waals surface area contributed by atoms with Crippen LogP contribution in [0.5, 0.6) is 0 Å². The van der Waals surface area contributed by atoms with Crippen LogP contribution in [0.25, 0.3) is 0 Å². The lowest BCUT2D eigenvalue weighted by atomic mass is 9.48. The first-order valence-electron chi connectivity index (χ1n) is 7.03. The molecule has 0 spiro atoms. The van der Waals surface area contributed by atoms with Crippen molar-refractivity contribution in [3.05, 3.63) is 0 Å². The highest BCUT2D eigenvalue weighted by Gasteiger charge is 2.57. The molecule has 0 aromatic heterocycles. The quantitative estimate of drug-likeness (QED) is 0.799. The average Bonchev–Trinajstić information content (AvgIpc) is 2.32. The van der Waals surface area contributed by atoms with E-state index in [0.717, 1.165) is 32.1 Å². The number of alkyl halides is 2. The van der Waals surface area contributed by atoms with E-state index in [1.54, 1.807) is 0 Å². The molecule has 0 aromatic carbocycles. The number of ether oxygens (including phenoxy) is 1. The van der Waals surface area contributed by atoms with Crippen LogP contribution < -0.4 is 0 Å². The Balaban J connectivity index is 1.66. The molecule has 4 fully saturated rings. The van der Waals surface area contributed by atoms with Gasteiger partial charge in [-0.15, -0.1) is 0 Å². The molecule has 4 aliphatic rings. The van der Waals surface area contributed by atoms with E-state index in [0.29, 0.717) is 18.3 Å². The molecule has 0 aliphatic heterocycles. The Bertz CT molecular complexity index is 371. The molecule has 0 aromatic rings. The summed E-state index contributed by atoms with van der Waals surface area (Å²) in [4.78, 5) is 11.2. The number of hydrogen-bond acceptors (Lipinski definition) is 3. The first-order valence-corrected chi connectivity index (χ1v) is 7.03. The summed E-state index contributed by atoms with van der Waals surface area (Å²) in [6.07, 6.45) is 3.17. The lowest BCUT2D eigenvalue weighted by Gasteiger charge is -2.59. The molecule has 4 rings (SSSR count). The maximum Gasteiger partial charge on any atom is 0.343 e. The minimum absolute atomic E-state index is 0.127. The van der Waals surface area contributed by atoms with Crippen molar-refractivity contribution in [1.29, 1.82) is 0 Å². The van der Waals surface area contributed by atoms with Crippen molar-refractivity contribution >= 4 is 5.97 Å². The Kier molecular flexibility index (Phi) is 3.08. The van der Waals surface area contributed by atoms with Crippen molar-refractivity contribution in [2.75, 3.05) is 13.3 Å². The highest BCUT2D eigenvalue weighted by Crippen LogP contribution is 2.61. The predicted molar refractivity (Wildman–Crippen MR) is 63.9 cm³/mol. The fourth-order valence-electron chi connectivity index (χ4n) is 4.95. The van der Waals surface area contributed by atoms with Gasteiger partial charge in [0.15, 0.2) is 0 Å². The lowest BCUT2D eigenvalue weighted by Crippen LogP contribution is -2.57. The van der Waals surface area contributed by atoms with Gasteiger partial charge in [-0.05, 0) is 50.4 Å². The number of carbonyl (C=O) groups excluding carboxylic acids is 1. The molecule has 3 unspecified atom stereocenters. The maximum atomic E-state index is 12.9. The Morgan fingerprint density at radius 2 is 1.95 bits per heavy atom. The van der Waals surface area contributed by atoms with Crippen molar-refractivity contribution in [3.8, 4) is 0 Å². The first-order chi connectivity index (χ1) is 8.94. The summed E-state index contributed by atoms with van der Waals surface area (Å²) in [5.74, 6) is -0.121. The number of aliphatic hydroxyl groups is 1. The zero-order chi connectivity index (χ0) is 13.7. The minimum atomic E-state index is -2.17. The predicted octanol–water partition coefficient (Wildman–Crippen LogP) is 2.17. The van der Waals surface area contributed by atoms with E-state index in [4.69, 9.17) is 4.74 Å². The van der Waals surface area contributed by atoms with Crippen LogP contribution in [0.3, 0.4) is 0 Å². The van der Waals surface area contributed by atoms with Crippen LogP contribution in [0.15, 0.2) is 0 Å². The van der Waals surface area contributed by atoms with E-state index in [1.807, 2.05) is 0 Å². The Labute approximate surface area is 111 Å². The maximum absolute atomic E-state index is 12.9. The largest absolute Gasteiger partial charge is 0.463 e. The van der Waals surface area contributed by atoms with E-state index < -0.39 is 24.4 Å². The van der Waals surface area contributed by atoms with Gasteiger partial charge in [-0.2, -0.15) is 0 Å². The molecule has 0 saturated heterocycles. The third-order valence-electron chi connectivity index (χ3n) is 5.06. The molecule has 3 nitrogen and oxygen atoms in total. The summed E-state index contributed by atoms with van der Waals surface area (Å²) >= 11 is 0. The smallest absolute Gasteiger partial charge is 0.343 e. The summed E-state index contributed by atoms with van der Waals surface area (Å²) < 4.78 is 29.9. The standard InChI is InChI=1S/C14H20F2O3/c15-6-11(16)12(17)19-8-13-2-9-1-10(3-13)5-14(18,4-9)7-13/h9-11,18H,1-8H2. The zero-order valence-electron chi connectivity index (χ0n) is 10.9. The van der Waals surface area contributed by atoms with Crippen molar-refractivity contribution in [2.45, 2.75) is 50.3 Å². The zero-order valence-corrected chi connectivity index (χ0v) is 10.9. The molecule has 4 saturated carbocycles. The molecule has 1 N–H and O–H groups in total. The molecule has 5 heteroatoms. The molecule has 4 bridgehead atoms. The molecule has 19 heavy (non-hydrogen) atoms. The summed E-state index contributed by atoms with van der Waals surface area (Å²) in [7, 11) is 0. The highest BCUT2D eigenvalue weighted by atomic mass is 19.2. The van der Waals surface area contributed by atoms with Gasteiger partial charge < -0.3 is 9.84 Å². The van der Waals surface area contributed by atoms with Crippen molar-refractivity contribution in [3.63, 3.8) is 0 Å². The summed E-state index contributed by atoms with van der Waals surface area (Å²) in [5.41, 5.74) is -0.823. The number of rotatable bonds is 4. The van der Waals surface area contributed by atoms with E-state index >= 15 is 0 Å². The van der Waals surface area contributed by atoms with Gasteiger partial charge in [-0.3, -0.25) is 0 Å². The van der Waals surface area contributed by atoms with Crippen LogP contribution in [0.4, 0.5) is 8.78 Å². The molecule has 108 valence electrons. The lowest BCUT2D eigenvalue weighted by molar-refractivity contribution is -0.188. The van der Waals surface area contributed by atoms with Gasteiger partial charge in [-0.25, -0.2) is 13.6 Å². The van der Waals surface area contributed by atoms with Gasteiger partial charge in [0.05, 0.1) is 12.2 Å². The topological polar surface area (TPSA) is 46.5 Å². The van der Waals surface area contributed by atoms with Crippen LogP contribution in [0.1, 0.15) is 38.5 Å². The monoisotopic (exact) mass is 274 g/mol. The third-order valence-corrected chi connectivity index (χ3v) is 5.06. The van der Waals surface area contributed by atoms with E-state index in [1.165, 1.54) is 0 Å². The van der Waals surface area contributed by atoms with Crippen molar-refractivity contribution < 1.29 is 23.4 Å². The molecule has 0 heterocycles. The molecule has 0 amide bonds. The molecule has 0 radical (unpaired) electrons. The molecular weight excluding hydrogens is 254 g/mol. The Morgan fingerprint density at radius 3 is 2.47 bits per heavy atom. The second-order valence-electron chi connectivity index (χ2n) is 6.91. The Morgan fingerprint density at radius 1 is 1.32 bits per heavy atom. The first kappa shape index (κ1) is 13.3. The van der Waals surface area contributed by atoms with E-state index in [2.05, 4.69) is 0 Å². The fourth-order valence-corrected chi connectivity index (χ4v) is 4.95. The van der Waals surface area contributed by atoms with Crippen LogP contribution in [-0.4, -0.2) is 36.1 Å². The van der Waals surface area contributed by atoms with Gasteiger partial charge in [0.2, 0.25) is 6.17 Å². The van der Waals surface area contributed by atoms with Gasteiger partial charge in [0, 0.05) is 5.41 Å². The number of carbonyl (C=O) groups is 1. The SMILES string of the molecule is O=C(OCC12CC3CC(CC(O)(C3)C1)C2)C(F)CF. The van der Waals surface area contributed by atoms with Crippen LogP contribution in [0, 0.1) is 17.3 Å². The van der Waals surface area contributed by atoms with Gasteiger partial charge in [0.1, 0.15) is 6.67 Å². The van der Waals surface area contributed by atoms with Crippen molar-refractivity contribution in [2.24, 2.45) is 17.3 Å². The highest BCUT2D eigenvalue weighted by molar-refractivity contribution is 5.74. The molecule has 3 atom stereocenters. The number of esters is 1. The van der Waals surface area contributed by atoms with Crippen LogP contribution >= 0.6 is 0 Å². The van der Waals surface area contributed by atoms with Gasteiger partial charge >= 0.3 is 5.97 Å². The normalized spacial score (nSPS) is 45.2. The summed E-state index contributed by atoms with van der Waals surface area (Å²) in [5, 5.41) is 10.5. The van der Waals surface area contributed by atoms with Crippen molar-refractivity contribution in [1.82, 2.24) is 0 Å². The molecular formula is C14H20F2O3. The average molecular weight is 274 g/mol. The number of hydrogen-bond donors (Lipinski definition) is 1.